The van der Waals surface area contributed by atoms with Gasteiger partial charge in [0, 0.05) is 10.6 Å². The summed E-state index contributed by atoms with van der Waals surface area (Å²) in [5.41, 5.74) is 3.65. The lowest BCUT2D eigenvalue weighted by atomic mass is 10.0. The fourth-order valence-corrected chi connectivity index (χ4v) is 2.62. The van der Waals surface area contributed by atoms with Crippen LogP contribution < -0.4 is 5.69 Å². The average molecular weight is 289 g/mol. The molecule has 0 amide bonds. The molecule has 1 N–H and O–H groups in total. The Morgan fingerprint density at radius 1 is 1.25 bits per heavy atom. The Morgan fingerprint density at radius 3 is 2.70 bits per heavy atom. The first-order valence-corrected chi connectivity index (χ1v) is 6.58. The Kier molecular flexibility index (Phi) is 2.87. The zero-order valence-corrected chi connectivity index (χ0v) is 12.1. The van der Waals surface area contributed by atoms with Gasteiger partial charge in [0.25, 0.3) is 0 Å². The molecule has 0 radical (unpaired) electrons. The largest absolute Gasteiger partial charge is 0.349 e. The standard InChI is InChI=1S/C14H13ClN4O/c1-7-4-5-10(11(15)6-7)12-8(2)18-19-13(12)16-9(3)17-14(19)20/h4-6H,1-3H3,(H,16,17,20). The number of fused-ring (bicyclic) bond motifs is 1. The summed E-state index contributed by atoms with van der Waals surface area (Å²) in [5.74, 6) is 0.548. The highest BCUT2D eigenvalue weighted by atomic mass is 35.5. The highest BCUT2D eigenvalue weighted by Gasteiger charge is 2.17. The number of halogens is 1. The number of H-pyrrole nitrogens is 1. The maximum atomic E-state index is 11.9. The molecule has 0 saturated carbocycles. The second kappa shape index (κ2) is 4.45. The summed E-state index contributed by atoms with van der Waals surface area (Å²) in [6.45, 7) is 5.56. The third kappa shape index (κ3) is 1.91. The second-order valence-corrected chi connectivity index (χ2v) is 5.21. The first kappa shape index (κ1) is 12.9. The lowest BCUT2D eigenvalue weighted by Crippen LogP contribution is -2.19. The Bertz CT molecular complexity index is 879. The first-order valence-electron chi connectivity index (χ1n) is 6.20. The van der Waals surface area contributed by atoms with Crippen LogP contribution in [0.3, 0.4) is 0 Å². The average Bonchev–Trinajstić information content (AvgIpc) is 2.67. The van der Waals surface area contributed by atoms with E-state index in [1.807, 2.05) is 32.0 Å². The van der Waals surface area contributed by atoms with E-state index in [-0.39, 0.29) is 5.69 Å². The fraction of sp³-hybridized carbons (Fsp3) is 0.214. The van der Waals surface area contributed by atoms with Gasteiger partial charge in [-0.05, 0) is 32.4 Å². The predicted octanol–water partition coefficient (Wildman–Crippen LogP) is 2.66. The summed E-state index contributed by atoms with van der Waals surface area (Å²) in [6.07, 6.45) is 0. The minimum Gasteiger partial charge on any atom is -0.294 e. The van der Waals surface area contributed by atoms with Gasteiger partial charge in [0.15, 0.2) is 5.65 Å². The van der Waals surface area contributed by atoms with Crippen molar-refractivity contribution in [3.05, 3.63) is 50.8 Å². The van der Waals surface area contributed by atoms with Gasteiger partial charge in [-0.1, -0.05) is 23.7 Å². The lowest BCUT2D eigenvalue weighted by molar-refractivity contribution is 0.810. The Hall–Kier alpha value is -2.14. The molecule has 6 heteroatoms. The van der Waals surface area contributed by atoms with Crippen LogP contribution in [-0.2, 0) is 0 Å². The van der Waals surface area contributed by atoms with Crippen molar-refractivity contribution in [1.29, 1.82) is 0 Å². The van der Waals surface area contributed by atoms with Crippen LogP contribution in [0.4, 0.5) is 0 Å². The molecular formula is C14H13ClN4O. The number of nitrogens with one attached hydrogen (secondary N) is 1. The molecule has 2 heterocycles. The molecule has 20 heavy (non-hydrogen) atoms. The Labute approximate surface area is 120 Å². The van der Waals surface area contributed by atoms with Crippen LogP contribution >= 0.6 is 11.6 Å². The van der Waals surface area contributed by atoms with Gasteiger partial charge in [0.2, 0.25) is 0 Å². The SMILES string of the molecule is Cc1ccc(-c2c(C)nn3c(=O)[nH]c(C)nc23)c(Cl)c1. The highest BCUT2D eigenvalue weighted by molar-refractivity contribution is 6.33. The molecule has 0 spiro atoms. The zero-order chi connectivity index (χ0) is 14.4. The van der Waals surface area contributed by atoms with Crippen molar-refractivity contribution >= 4 is 17.2 Å². The van der Waals surface area contributed by atoms with Crippen molar-refractivity contribution in [2.45, 2.75) is 20.8 Å². The topological polar surface area (TPSA) is 63.1 Å². The second-order valence-electron chi connectivity index (χ2n) is 4.81. The monoisotopic (exact) mass is 288 g/mol. The van der Waals surface area contributed by atoms with E-state index in [4.69, 9.17) is 11.6 Å². The molecule has 0 bridgehead atoms. The van der Waals surface area contributed by atoms with Gasteiger partial charge in [-0.2, -0.15) is 9.61 Å². The van der Waals surface area contributed by atoms with Gasteiger partial charge in [0.05, 0.1) is 11.3 Å². The zero-order valence-electron chi connectivity index (χ0n) is 11.4. The molecule has 3 rings (SSSR count). The molecule has 0 unspecified atom stereocenters. The smallest absolute Gasteiger partial charge is 0.294 e. The molecule has 0 atom stereocenters. The minimum atomic E-state index is -0.301. The number of aromatic nitrogens is 4. The highest BCUT2D eigenvalue weighted by Crippen LogP contribution is 2.32. The first-order chi connectivity index (χ1) is 9.47. The third-order valence-corrected chi connectivity index (χ3v) is 3.50. The van der Waals surface area contributed by atoms with Crippen molar-refractivity contribution < 1.29 is 0 Å². The van der Waals surface area contributed by atoms with Crippen LogP contribution in [0.25, 0.3) is 16.8 Å². The number of hydrogen-bond acceptors (Lipinski definition) is 3. The van der Waals surface area contributed by atoms with Crippen molar-refractivity contribution in [3.8, 4) is 11.1 Å². The van der Waals surface area contributed by atoms with Gasteiger partial charge in [0.1, 0.15) is 5.82 Å². The number of nitrogens with zero attached hydrogens (tertiary/aromatic N) is 3. The molecular weight excluding hydrogens is 276 g/mol. The van der Waals surface area contributed by atoms with E-state index >= 15 is 0 Å². The summed E-state index contributed by atoms with van der Waals surface area (Å²) >= 11 is 6.32. The Morgan fingerprint density at radius 2 is 2.00 bits per heavy atom. The van der Waals surface area contributed by atoms with E-state index in [1.165, 1.54) is 4.52 Å². The van der Waals surface area contributed by atoms with Crippen molar-refractivity contribution in [2.75, 3.05) is 0 Å². The normalized spacial score (nSPS) is 11.2. The van der Waals surface area contributed by atoms with E-state index in [1.54, 1.807) is 6.92 Å². The maximum Gasteiger partial charge on any atom is 0.349 e. The van der Waals surface area contributed by atoms with Gasteiger partial charge in [-0.3, -0.25) is 4.98 Å². The fourth-order valence-electron chi connectivity index (χ4n) is 2.29. The third-order valence-electron chi connectivity index (χ3n) is 3.18. The van der Waals surface area contributed by atoms with Gasteiger partial charge >= 0.3 is 5.69 Å². The molecule has 0 aliphatic rings. The van der Waals surface area contributed by atoms with Crippen LogP contribution in [0, 0.1) is 20.8 Å². The van der Waals surface area contributed by atoms with Crippen molar-refractivity contribution in [1.82, 2.24) is 19.6 Å². The van der Waals surface area contributed by atoms with E-state index in [0.29, 0.717) is 16.5 Å². The van der Waals surface area contributed by atoms with E-state index in [2.05, 4.69) is 15.1 Å². The number of aromatic amines is 1. The minimum absolute atomic E-state index is 0.301. The van der Waals surface area contributed by atoms with E-state index in [9.17, 15) is 4.79 Å². The Balaban J connectivity index is 2.42. The number of benzene rings is 1. The molecule has 1 aromatic carbocycles. The van der Waals surface area contributed by atoms with Gasteiger partial charge < -0.3 is 0 Å². The molecule has 0 aliphatic heterocycles. The van der Waals surface area contributed by atoms with Crippen molar-refractivity contribution in [3.63, 3.8) is 0 Å². The van der Waals surface area contributed by atoms with Gasteiger partial charge in [-0.25, -0.2) is 9.78 Å². The van der Waals surface area contributed by atoms with Crippen LogP contribution in [0.15, 0.2) is 23.0 Å². The maximum absolute atomic E-state index is 11.9. The number of rotatable bonds is 1. The van der Waals surface area contributed by atoms with E-state index in [0.717, 1.165) is 22.4 Å². The molecule has 0 fully saturated rings. The van der Waals surface area contributed by atoms with Crippen molar-refractivity contribution in [2.24, 2.45) is 0 Å². The molecule has 102 valence electrons. The number of aryl methyl sites for hydroxylation is 3. The van der Waals surface area contributed by atoms with Crippen LogP contribution in [0.1, 0.15) is 17.1 Å². The molecule has 3 aromatic rings. The summed E-state index contributed by atoms with van der Waals surface area (Å²) in [4.78, 5) is 18.9. The van der Waals surface area contributed by atoms with Crippen LogP contribution in [-0.4, -0.2) is 19.6 Å². The summed E-state index contributed by atoms with van der Waals surface area (Å²) in [7, 11) is 0. The molecule has 0 saturated heterocycles. The summed E-state index contributed by atoms with van der Waals surface area (Å²) < 4.78 is 1.27. The molecule has 5 nitrogen and oxygen atoms in total. The summed E-state index contributed by atoms with van der Waals surface area (Å²) in [6, 6.07) is 5.80. The summed E-state index contributed by atoms with van der Waals surface area (Å²) in [5, 5.41) is 4.87. The molecule has 2 aromatic heterocycles. The molecule has 0 aliphatic carbocycles. The van der Waals surface area contributed by atoms with Crippen LogP contribution in [0.2, 0.25) is 5.02 Å². The van der Waals surface area contributed by atoms with Gasteiger partial charge in [-0.15, -0.1) is 0 Å². The van der Waals surface area contributed by atoms with Crippen LogP contribution in [0.5, 0.6) is 0 Å². The predicted molar refractivity (Wildman–Crippen MR) is 78.3 cm³/mol. The lowest BCUT2D eigenvalue weighted by Gasteiger charge is -2.05. The quantitative estimate of drug-likeness (QED) is 0.749. The number of hydrogen-bond donors (Lipinski definition) is 1. The van der Waals surface area contributed by atoms with E-state index < -0.39 is 0 Å².